The number of nitrogens with zero attached hydrogens (tertiary/aromatic N) is 3. The van der Waals surface area contributed by atoms with Gasteiger partial charge in [0, 0.05) is 22.4 Å². The molecule has 1 heterocycles. The van der Waals surface area contributed by atoms with Crippen molar-refractivity contribution in [2.45, 2.75) is 14.4 Å². The first-order valence-electron chi connectivity index (χ1n) is 8.95. The molecular formula is C20H19ClN4O3S3. The first kappa shape index (κ1) is 23.4. The molecule has 0 aliphatic rings. The lowest BCUT2D eigenvalue weighted by Crippen LogP contribution is -2.19. The molecule has 1 aromatic heterocycles. The summed E-state index contributed by atoms with van der Waals surface area (Å²) in [4.78, 5) is 12.1. The zero-order chi connectivity index (χ0) is 22.1. The Kier molecular flexibility index (Phi) is 9.01. The molecular weight excluding hydrogens is 476 g/mol. The number of methoxy groups -OCH3 is 2. The smallest absolute Gasteiger partial charge is 0.250 e. The second-order valence-corrected chi connectivity index (χ2v) is 9.80. The summed E-state index contributed by atoms with van der Waals surface area (Å²) < 4.78 is 12.0. The predicted octanol–water partition coefficient (Wildman–Crippen LogP) is 4.74. The van der Waals surface area contributed by atoms with Gasteiger partial charge in [0.1, 0.15) is 11.5 Å². The van der Waals surface area contributed by atoms with E-state index in [2.05, 4.69) is 20.7 Å². The molecule has 7 nitrogen and oxygen atoms in total. The number of carbonyl (C=O) groups is 1. The molecule has 3 rings (SSSR count). The molecule has 1 N–H and O–H groups in total. The van der Waals surface area contributed by atoms with E-state index in [1.807, 2.05) is 24.3 Å². The van der Waals surface area contributed by atoms with Crippen LogP contribution in [-0.2, 0) is 10.5 Å². The van der Waals surface area contributed by atoms with Crippen molar-refractivity contribution in [3.63, 3.8) is 0 Å². The van der Waals surface area contributed by atoms with Crippen LogP contribution in [0.15, 0.2) is 56.2 Å². The second-order valence-electron chi connectivity index (χ2n) is 5.94. The number of thioether (sulfide) groups is 2. The van der Waals surface area contributed by atoms with Gasteiger partial charge in [-0.2, -0.15) is 5.10 Å². The summed E-state index contributed by atoms with van der Waals surface area (Å²) in [5.74, 6) is 2.01. The monoisotopic (exact) mass is 494 g/mol. The van der Waals surface area contributed by atoms with Gasteiger partial charge in [0.15, 0.2) is 8.68 Å². The van der Waals surface area contributed by atoms with Crippen molar-refractivity contribution < 1.29 is 14.3 Å². The van der Waals surface area contributed by atoms with E-state index in [9.17, 15) is 4.79 Å². The maximum Gasteiger partial charge on any atom is 0.250 e. The first-order valence-corrected chi connectivity index (χ1v) is 12.1. The van der Waals surface area contributed by atoms with E-state index in [0.29, 0.717) is 16.5 Å². The molecule has 0 saturated carbocycles. The third-order valence-corrected chi connectivity index (χ3v) is 7.34. The zero-order valence-electron chi connectivity index (χ0n) is 16.7. The Morgan fingerprint density at radius 3 is 2.58 bits per heavy atom. The molecule has 31 heavy (non-hydrogen) atoms. The number of halogens is 1. The molecule has 11 heteroatoms. The Hall–Kier alpha value is -2.27. The number of amides is 1. The van der Waals surface area contributed by atoms with Crippen molar-refractivity contribution in [2.75, 3.05) is 20.0 Å². The molecule has 3 aromatic rings. The predicted molar refractivity (Wildman–Crippen MR) is 127 cm³/mol. The summed E-state index contributed by atoms with van der Waals surface area (Å²) in [7, 11) is 3.14. The third-order valence-electron chi connectivity index (χ3n) is 3.82. The minimum absolute atomic E-state index is 0.188. The molecule has 162 valence electrons. The summed E-state index contributed by atoms with van der Waals surface area (Å²) in [5, 5.41) is 13.0. The van der Waals surface area contributed by atoms with Crippen LogP contribution in [0.3, 0.4) is 0 Å². The van der Waals surface area contributed by atoms with Crippen molar-refractivity contribution in [2.24, 2.45) is 5.10 Å². The van der Waals surface area contributed by atoms with Gasteiger partial charge < -0.3 is 9.47 Å². The highest BCUT2D eigenvalue weighted by Crippen LogP contribution is 2.30. The van der Waals surface area contributed by atoms with E-state index in [1.165, 1.54) is 29.3 Å². The number of carbonyl (C=O) groups excluding carboxylic acids is 1. The van der Waals surface area contributed by atoms with Crippen molar-refractivity contribution >= 4 is 58.6 Å². The average molecular weight is 495 g/mol. The molecule has 0 atom stereocenters. The minimum Gasteiger partial charge on any atom is -0.497 e. The van der Waals surface area contributed by atoms with Gasteiger partial charge in [0.2, 0.25) is 0 Å². The van der Waals surface area contributed by atoms with E-state index in [0.717, 1.165) is 25.6 Å². The largest absolute Gasteiger partial charge is 0.497 e. The highest BCUT2D eigenvalue weighted by Gasteiger charge is 2.09. The number of ether oxygens (including phenoxy) is 2. The standard InChI is InChI=1S/C20H19ClN4O3S3/c1-27-16-8-5-14(17(9-16)28-2)10-22-23-18(26)12-30-20-25-24-19(31-20)29-11-13-3-6-15(21)7-4-13/h3-10H,11-12H2,1-2H3,(H,23,26)/b22-10-. The van der Waals surface area contributed by atoms with Gasteiger partial charge in [-0.15, -0.1) is 10.2 Å². The van der Waals surface area contributed by atoms with Crippen LogP contribution in [0.4, 0.5) is 0 Å². The summed E-state index contributed by atoms with van der Waals surface area (Å²) in [6.07, 6.45) is 1.53. The molecule has 0 unspecified atom stereocenters. The molecule has 0 radical (unpaired) electrons. The quantitative estimate of drug-likeness (QED) is 0.247. The van der Waals surface area contributed by atoms with Gasteiger partial charge in [0.25, 0.3) is 5.91 Å². The van der Waals surface area contributed by atoms with Gasteiger partial charge >= 0.3 is 0 Å². The Morgan fingerprint density at radius 1 is 1.13 bits per heavy atom. The molecule has 1 amide bonds. The van der Waals surface area contributed by atoms with Crippen LogP contribution in [0.25, 0.3) is 0 Å². The number of hydrazone groups is 1. The summed E-state index contributed by atoms with van der Waals surface area (Å²) >= 11 is 10.3. The SMILES string of the molecule is COc1ccc(/C=N\NC(=O)CSc2nnc(SCc3ccc(Cl)cc3)s2)c(OC)c1. The number of hydrogen-bond acceptors (Lipinski definition) is 9. The van der Waals surface area contributed by atoms with Crippen LogP contribution < -0.4 is 14.9 Å². The number of aromatic nitrogens is 2. The summed E-state index contributed by atoms with van der Waals surface area (Å²) in [5.41, 5.74) is 4.38. The second kappa shape index (κ2) is 11.9. The summed E-state index contributed by atoms with van der Waals surface area (Å²) in [6, 6.07) is 13.0. The van der Waals surface area contributed by atoms with Gasteiger partial charge in [-0.25, -0.2) is 5.43 Å². The van der Waals surface area contributed by atoms with Crippen molar-refractivity contribution in [3.05, 3.63) is 58.6 Å². The third kappa shape index (κ3) is 7.42. The van der Waals surface area contributed by atoms with Crippen LogP contribution in [-0.4, -0.2) is 42.3 Å². The Balaban J connectivity index is 1.43. The number of benzene rings is 2. The summed E-state index contributed by atoms with van der Waals surface area (Å²) in [6.45, 7) is 0. The van der Waals surface area contributed by atoms with Gasteiger partial charge in [-0.3, -0.25) is 4.79 Å². The van der Waals surface area contributed by atoms with Crippen molar-refractivity contribution in [1.29, 1.82) is 0 Å². The van der Waals surface area contributed by atoms with E-state index in [4.69, 9.17) is 21.1 Å². The Morgan fingerprint density at radius 2 is 1.87 bits per heavy atom. The lowest BCUT2D eigenvalue weighted by molar-refractivity contribution is -0.118. The normalized spacial score (nSPS) is 10.9. The fourth-order valence-electron chi connectivity index (χ4n) is 2.30. The minimum atomic E-state index is -0.237. The molecule has 2 aromatic carbocycles. The van der Waals surface area contributed by atoms with E-state index in [-0.39, 0.29) is 11.7 Å². The molecule has 0 bridgehead atoms. The van der Waals surface area contributed by atoms with Crippen molar-refractivity contribution in [1.82, 2.24) is 15.6 Å². The Labute approximate surface area is 197 Å². The maximum atomic E-state index is 12.1. The van der Waals surface area contributed by atoms with Gasteiger partial charge in [0.05, 0.1) is 26.2 Å². The number of rotatable bonds is 10. The van der Waals surface area contributed by atoms with E-state index < -0.39 is 0 Å². The molecule has 0 fully saturated rings. The van der Waals surface area contributed by atoms with Crippen LogP contribution in [0.5, 0.6) is 11.5 Å². The van der Waals surface area contributed by atoms with Gasteiger partial charge in [-0.1, -0.05) is 58.6 Å². The van der Waals surface area contributed by atoms with Crippen molar-refractivity contribution in [3.8, 4) is 11.5 Å². The lowest BCUT2D eigenvalue weighted by atomic mass is 10.2. The fraction of sp³-hybridized carbons (Fsp3) is 0.200. The average Bonchev–Trinajstić information content (AvgIpc) is 3.25. The topological polar surface area (TPSA) is 85.7 Å². The highest BCUT2D eigenvalue weighted by molar-refractivity contribution is 8.03. The lowest BCUT2D eigenvalue weighted by Gasteiger charge is -2.06. The van der Waals surface area contributed by atoms with Crippen LogP contribution in [0, 0.1) is 0 Å². The Bertz CT molecular complexity index is 1040. The van der Waals surface area contributed by atoms with Crippen LogP contribution >= 0.6 is 46.5 Å². The van der Waals surface area contributed by atoms with Crippen LogP contribution in [0.2, 0.25) is 5.02 Å². The highest BCUT2D eigenvalue weighted by atomic mass is 35.5. The van der Waals surface area contributed by atoms with Gasteiger partial charge in [-0.05, 0) is 29.8 Å². The number of nitrogens with one attached hydrogen (secondary N) is 1. The molecule has 0 aliphatic heterocycles. The maximum absolute atomic E-state index is 12.1. The molecule has 0 aliphatic carbocycles. The first-order chi connectivity index (χ1) is 15.1. The number of hydrogen-bond donors (Lipinski definition) is 1. The van der Waals surface area contributed by atoms with E-state index >= 15 is 0 Å². The zero-order valence-corrected chi connectivity index (χ0v) is 19.9. The van der Waals surface area contributed by atoms with Crippen LogP contribution in [0.1, 0.15) is 11.1 Å². The van der Waals surface area contributed by atoms with E-state index in [1.54, 1.807) is 44.2 Å². The molecule has 0 spiro atoms. The fourth-order valence-corrected chi connectivity index (χ4v) is 5.19. The molecule has 0 saturated heterocycles.